The van der Waals surface area contributed by atoms with Crippen LogP contribution in [0.4, 0.5) is 8.78 Å². The highest BCUT2D eigenvalue weighted by molar-refractivity contribution is 5.90. The molecule has 0 fully saturated rings. The molecule has 0 saturated carbocycles. The Balaban J connectivity index is 1.68. The molecule has 0 aliphatic rings. The summed E-state index contributed by atoms with van der Waals surface area (Å²) in [6.45, 7) is 5.38. The van der Waals surface area contributed by atoms with Crippen molar-refractivity contribution in [3.05, 3.63) is 82.2 Å². The largest absolute Gasteiger partial charge is 0.489 e. The SMILES string of the molecule is Cc1noc(C)c1COc1cccc(C(=O)OC(C)c2ccc(F)cc2F)c1. The van der Waals surface area contributed by atoms with E-state index in [1.54, 1.807) is 25.1 Å². The second kappa shape index (κ2) is 8.21. The summed E-state index contributed by atoms with van der Waals surface area (Å²) < 4.78 is 43.0. The first-order valence-electron chi connectivity index (χ1n) is 8.65. The average molecular weight is 387 g/mol. The Morgan fingerprint density at radius 1 is 1.18 bits per heavy atom. The molecular weight excluding hydrogens is 368 g/mol. The summed E-state index contributed by atoms with van der Waals surface area (Å²) in [7, 11) is 0. The van der Waals surface area contributed by atoms with Crippen molar-refractivity contribution in [2.24, 2.45) is 0 Å². The molecule has 28 heavy (non-hydrogen) atoms. The van der Waals surface area contributed by atoms with Crippen molar-refractivity contribution >= 4 is 5.97 Å². The van der Waals surface area contributed by atoms with Gasteiger partial charge in [-0.15, -0.1) is 0 Å². The molecule has 1 heterocycles. The third-order valence-electron chi connectivity index (χ3n) is 4.32. The first-order chi connectivity index (χ1) is 13.3. The fourth-order valence-electron chi connectivity index (χ4n) is 2.70. The number of rotatable bonds is 6. The van der Waals surface area contributed by atoms with Gasteiger partial charge in [0.15, 0.2) is 0 Å². The number of carbonyl (C=O) groups is 1. The maximum atomic E-state index is 13.9. The lowest BCUT2D eigenvalue weighted by molar-refractivity contribution is 0.0330. The van der Waals surface area contributed by atoms with Crippen LogP contribution >= 0.6 is 0 Å². The lowest BCUT2D eigenvalue weighted by atomic mass is 10.1. The highest BCUT2D eigenvalue weighted by Crippen LogP contribution is 2.24. The summed E-state index contributed by atoms with van der Waals surface area (Å²) in [6, 6.07) is 9.59. The van der Waals surface area contributed by atoms with E-state index >= 15 is 0 Å². The van der Waals surface area contributed by atoms with Gasteiger partial charge in [0.05, 0.1) is 16.8 Å². The van der Waals surface area contributed by atoms with Crippen LogP contribution in [-0.2, 0) is 11.3 Å². The Labute approximate surface area is 160 Å². The van der Waals surface area contributed by atoms with Gasteiger partial charge in [0.25, 0.3) is 0 Å². The molecule has 7 heteroatoms. The van der Waals surface area contributed by atoms with Gasteiger partial charge in [-0.05, 0) is 51.1 Å². The number of nitrogens with zero attached hydrogens (tertiary/aromatic N) is 1. The summed E-state index contributed by atoms with van der Waals surface area (Å²) >= 11 is 0. The molecule has 0 aliphatic carbocycles. The normalized spacial score (nSPS) is 11.9. The molecule has 0 aliphatic heterocycles. The Morgan fingerprint density at radius 2 is 1.96 bits per heavy atom. The van der Waals surface area contributed by atoms with Gasteiger partial charge >= 0.3 is 5.97 Å². The van der Waals surface area contributed by atoms with E-state index in [4.69, 9.17) is 14.0 Å². The minimum atomic E-state index is -0.875. The molecule has 146 valence electrons. The molecule has 0 bridgehead atoms. The van der Waals surface area contributed by atoms with Gasteiger partial charge in [0.2, 0.25) is 0 Å². The Kier molecular flexibility index (Phi) is 5.73. The number of benzene rings is 2. The molecule has 5 nitrogen and oxygen atoms in total. The first kappa shape index (κ1) is 19.5. The van der Waals surface area contributed by atoms with Crippen LogP contribution in [0.15, 0.2) is 47.0 Å². The highest BCUT2D eigenvalue weighted by Gasteiger charge is 2.18. The predicted octanol–water partition coefficient (Wildman–Crippen LogP) is 5.07. The third kappa shape index (κ3) is 4.36. The Hall–Kier alpha value is -3.22. The number of aryl methyl sites for hydroxylation is 2. The minimum absolute atomic E-state index is 0.0977. The number of hydrogen-bond donors (Lipinski definition) is 0. The van der Waals surface area contributed by atoms with Crippen LogP contribution in [0.1, 0.15) is 46.0 Å². The fourth-order valence-corrected chi connectivity index (χ4v) is 2.70. The lowest BCUT2D eigenvalue weighted by Gasteiger charge is -2.15. The quantitative estimate of drug-likeness (QED) is 0.553. The number of halogens is 2. The maximum Gasteiger partial charge on any atom is 0.338 e. The molecule has 0 N–H and O–H groups in total. The van der Waals surface area contributed by atoms with E-state index in [1.165, 1.54) is 19.1 Å². The summed E-state index contributed by atoms with van der Waals surface area (Å²) in [5, 5.41) is 3.86. The zero-order chi connectivity index (χ0) is 20.3. The van der Waals surface area contributed by atoms with Gasteiger partial charge in [-0.25, -0.2) is 13.6 Å². The molecule has 0 spiro atoms. The molecule has 1 unspecified atom stereocenters. The number of ether oxygens (including phenoxy) is 2. The predicted molar refractivity (Wildman–Crippen MR) is 96.9 cm³/mol. The molecule has 1 aromatic heterocycles. The summed E-state index contributed by atoms with van der Waals surface area (Å²) in [6.07, 6.45) is -0.875. The maximum absolute atomic E-state index is 13.9. The molecule has 0 radical (unpaired) electrons. The first-order valence-corrected chi connectivity index (χ1v) is 8.65. The van der Waals surface area contributed by atoms with Crippen molar-refractivity contribution in [1.82, 2.24) is 5.16 Å². The van der Waals surface area contributed by atoms with Crippen LogP contribution in [0.2, 0.25) is 0 Å². The van der Waals surface area contributed by atoms with Crippen molar-refractivity contribution in [3.8, 4) is 5.75 Å². The number of esters is 1. The lowest BCUT2D eigenvalue weighted by Crippen LogP contribution is -2.11. The van der Waals surface area contributed by atoms with Crippen LogP contribution in [0.3, 0.4) is 0 Å². The van der Waals surface area contributed by atoms with Crippen LogP contribution in [0, 0.1) is 25.5 Å². The van der Waals surface area contributed by atoms with Gasteiger partial charge in [0, 0.05) is 11.6 Å². The van der Waals surface area contributed by atoms with Crippen molar-refractivity contribution in [2.75, 3.05) is 0 Å². The van der Waals surface area contributed by atoms with E-state index in [-0.39, 0.29) is 17.7 Å². The van der Waals surface area contributed by atoms with Gasteiger partial charge in [-0.2, -0.15) is 0 Å². The second-order valence-electron chi connectivity index (χ2n) is 6.33. The molecule has 1 atom stereocenters. The fraction of sp³-hybridized carbons (Fsp3) is 0.238. The summed E-state index contributed by atoms with van der Waals surface area (Å²) in [5.74, 6) is -0.961. The summed E-state index contributed by atoms with van der Waals surface area (Å²) in [4.78, 5) is 12.4. The third-order valence-corrected chi connectivity index (χ3v) is 4.32. The van der Waals surface area contributed by atoms with Gasteiger partial charge < -0.3 is 14.0 Å². The molecular formula is C21H19F2NO4. The standard InChI is InChI=1S/C21H19F2NO4/c1-12-19(14(3)28-24-12)11-26-17-6-4-5-15(9-17)21(25)27-13(2)18-8-7-16(22)10-20(18)23/h4-10,13H,11H2,1-3H3. The van der Waals surface area contributed by atoms with Gasteiger partial charge in [-0.1, -0.05) is 11.2 Å². The Bertz CT molecular complexity index is 980. The van der Waals surface area contributed by atoms with Crippen molar-refractivity contribution in [1.29, 1.82) is 0 Å². The van der Waals surface area contributed by atoms with Gasteiger partial charge in [0.1, 0.15) is 35.9 Å². The molecule has 2 aromatic carbocycles. The summed E-state index contributed by atoms with van der Waals surface area (Å²) in [5.41, 5.74) is 1.93. The van der Waals surface area contributed by atoms with Crippen molar-refractivity contribution in [3.63, 3.8) is 0 Å². The topological polar surface area (TPSA) is 61.6 Å². The molecule has 3 aromatic rings. The number of carbonyl (C=O) groups excluding carboxylic acids is 1. The minimum Gasteiger partial charge on any atom is -0.489 e. The van der Waals surface area contributed by atoms with E-state index < -0.39 is 23.7 Å². The van der Waals surface area contributed by atoms with E-state index in [0.29, 0.717) is 11.5 Å². The van der Waals surface area contributed by atoms with Crippen LogP contribution in [0.25, 0.3) is 0 Å². The highest BCUT2D eigenvalue weighted by atomic mass is 19.1. The molecule has 3 rings (SSSR count). The number of aromatic nitrogens is 1. The number of hydrogen-bond acceptors (Lipinski definition) is 5. The van der Waals surface area contributed by atoms with E-state index in [0.717, 1.165) is 23.4 Å². The molecule has 0 saturated heterocycles. The second-order valence-corrected chi connectivity index (χ2v) is 6.33. The van der Waals surface area contributed by atoms with Crippen molar-refractivity contribution in [2.45, 2.75) is 33.5 Å². The van der Waals surface area contributed by atoms with E-state index in [1.807, 2.05) is 6.92 Å². The van der Waals surface area contributed by atoms with Crippen LogP contribution in [-0.4, -0.2) is 11.1 Å². The van der Waals surface area contributed by atoms with Crippen LogP contribution < -0.4 is 4.74 Å². The molecule has 0 amide bonds. The van der Waals surface area contributed by atoms with Crippen molar-refractivity contribution < 1.29 is 27.6 Å². The average Bonchev–Trinajstić information content (AvgIpc) is 2.98. The van der Waals surface area contributed by atoms with Gasteiger partial charge in [-0.3, -0.25) is 0 Å². The van der Waals surface area contributed by atoms with E-state index in [2.05, 4.69) is 5.16 Å². The Morgan fingerprint density at radius 3 is 2.64 bits per heavy atom. The smallest absolute Gasteiger partial charge is 0.338 e. The monoisotopic (exact) mass is 387 g/mol. The van der Waals surface area contributed by atoms with Crippen LogP contribution in [0.5, 0.6) is 5.75 Å². The zero-order valence-electron chi connectivity index (χ0n) is 15.7. The zero-order valence-corrected chi connectivity index (χ0v) is 15.7. The van der Waals surface area contributed by atoms with E-state index in [9.17, 15) is 13.6 Å².